The van der Waals surface area contributed by atoms with Gasteiger partial charge in [-0.3, -0.25) is 13.9 Å². The van der Waals surface area contributed by atoms with Gasteiger partial charge in [0.25, 0.3) is 0 Å². The molecule has 2 aromatic carbocycles. The van der Waals surface area contributed by atoms with Crippen molar-refractivity contribution in [2.24, 2.45) is 0 Å². The molecular weight excluding hydrogens is 470 g/mol. The molecule has 0 spiro atoms. The molecule has 10 heteroatoms. The standard InChI is InChI=1S/C25H35N3O6S/c1-7-23(25(30)26-18(2)3)27(16-19-9-8-10-22(15-19)34-5)24(29)17-28(35(6,31)32)20-11-13-21(33-4)14-12-20/h8-15,18,23H,7,16-17H2,1-6H3,(H,26,30)/t23-/m1/s1. The van der Waals surface area contributed by atoms with Crippen molar-refractivity contribution in [3.63, 3.8) is 0 Å². The van der Waals surface area contributed by atoms with Gasteiger partial charge in [-0.05, 0) is 62.2 Å². The molecule has 0 saturated carbocycles. The minimum Gasteiger partial charge on any atom is -0.497 e. The number of carbonyl (C=O) groups excluding carboxylic acids is 2. The van der Waals surface area contributed by atoms with Crippen LogP contribution in [-0.2, 0) is 26.2 Å². The van der Waals surface area contributed by atoms with Crippen LogP contribution < -0.4 is 19.1 Å². The fraction of sp³-hybridized carbons (Fsp3) is 0.440. The van der Waals surface area contributed by atoms with E-state index in [1.54, 1.807) is 49.6 Å². The van der Waals surface area contributed by atoms with Gasteiger partial charge in [0, 0.05) is 12.6 Å². The Morgan fingerprint density at radius 2 is 1.63 bits per heavy atom. The van der Waals surface area contributed by atoms with Crippen molar-refractivity contribution in [2.75, 3.05) is 31.3 Å². The molecule has 0 aliphatic carbocycles. The number of nitrogens with zero attached hydrogens (tertiary/aromatic N) is 2. The van der Waals surface area contributed by atoms with E-state index in [0.29, 0.717) is 23.6 Å². The van der Waals surface area contributed by atoms with Gasteiger partial charge in [0.2, 0.25) is 21.8 Å². The summed E-state index contributed by atoms with van der Waals surface area (Å²) in [6.45, 7) is 5.15. The van der Waals surface area contributed by atoms with Crippen LogP contribution in [0.2, 0.25) is 0 Å². The molecule has 9 nitrogen and oxygen atoms in total. The number of methoxy groups -OCH3 is 2. The van der Waals surface area contributed by atoms with Crippen molar-refractivity contribution in [3.05, 3.63) is 54.1 Å². The first-order valence-electron chi connectivity index (χ1n) is 11.3. The van der Waals surface area contributed by atoms with Crippen LogP contribution in [0.4, 0.5) is 5.69 Å². The summed E-state index contributed by atoms with van der Waals surface area (Å²) in [7, 11) is -0.739. The van der Waals surface area contributed by atoms with E-state index in [2.05, 4.69) is 5.32 Å². The molecule has 0 radical (unpaired) electrons. The number of nitrogens with one attached hydrogen (secondary N) is 1. The number of hydrogen-bond donors (Lipinski definition) is 1. The van der Waals surface area contributed by atoms with Gasteiger partial charge >= 0.3 is 0 Å². The molecule has 35 heavy (non-hydrogen) atoms. The van der Waals surface area contributed by atoms with E-state index in [9.17, 15) is 18.0 Å². The maximum absolute atomic E-state index is 13.6. The molecule has 0 aromatic heterocycles. The first-order chi connectivity index (χ1) is 16.5. The Kier molecular flexibility index (Phi) is 9.94. The smallest absolute Gasteiger partial charge is 0.244 e. The topological polar surface area (TPSA) is 105 Å². The molecule has 2 aromatic rings. The molecule has 1 atom stereocenters. The third kappa shape index (κ3) is 7.88. The van der Waals surface area contributed by atoms with Crippen LogP contribution in [0.5, 0.6) is 11.5 Å². The van der Waals surface area contributed by atoms with Crippen LogP contribution in [0.25, 0.3) is 0 Å². The zero-order chi connectivity index (χ0) is 26.2. The van der Waals surface area contributed by atoms with E-state index in [0.717, 1.165) is 16.1 Å². The summed E-state index contributed by atoms with van der Waals surface area (Å²) >= 11 is 0. The summed E-state index contributed by atoms with van der Waals surface area (Å²) in [5, 5.41) is 2.86. The van der Waals surface area contributed by atoms with Crippen molar-refractivity contribution in [3.8, 4) is 11.5 Å². The second-order valence-electron chi connectivity index (χ2n) is 8.43. The SMILES string of the molecule is CC[C@H](C(=O)NC(C)C)N(Cc1cccc(OC)c1)C(=O)CN(c1ccc(OC)cc1)S(C)(=O)=O. The van der Waals surface area contributed by atoms with Gasteiger partial charge in [0.15, 0.2) is 0 Å². The lowest BCUT2D eigenvalue weighted by molar-refractivity contribution is -0.140. The number of sulfonamides is 1. The number of anilines is 1. The van der Waals surface area contributed by atoms with Gasteiger partial charge in [0.1, 0.15) is 24.1 Å². The molecule has 0 aliphatic rings. The third-order valence-electron chi connectivity index (χ3n) is 5.34. The quantitative estimate of drug-likeness (QED) is 0.476. The monoisotopic (exact) mass is 505 g/mol. The predicted molar refractivity (Wildman–Crippen MR) is 136 cm³/mol. The Morgan fingerprint density at radius 1 is 1.00 bits per heavy atom. The highest BCUT2D eigenvalue weighted by Crippen LogP contribution is 2.23. The van der Waals surface area contributed by atoms with Crippen molar-refractivity contribution >= 4 is 27.5 Å². The second-order valence-corrected chi connectivity index (χ2v) is 10.3. The van der Waals surface area contributed by atoms with Gasteiger partial charge in [-0.2, -0.15) is 0 Å². The maximum atomic E-state index is 13.6. The minimum absolute atomic E-state index is 0.111. The number of amides is 2. The van der Waals surface area contributed by atoms with Gasteiger partial charge < -0.3 is 19.7 Å². The fourth-order valence-electron chi connectivity index (χ4n) is 3.63. The molecular formula is C25H35N3O6S. The van der Waals surface area contributed by atoms with Crippen LogP contribution >= 0.6 is 0 Å². The zero-order valence-electron chi connectivity index (χ0n) is 21.1. The van der Waals surface area contributed by atoms with Gasteiger partial charge in [-0.15, -0.1) is 0 Å². The molecule has 2 rings (SSSR count). The Labute approximate surface area is 208 Å². The van der Waals surface area contributed by atoms with Crippen LogP contribution in [0.3, 0.4) is 0 Å². The van der Waals surface area contributed by atoms with E-state index >= 15 is 0 Å². The summed E-state index contributed by atoms with van der Waals surface area (Å²) < 4.78 is 36.7. The van der Waals surface area contributed by atoms with Crippen molar-refractivity contribution in [1.29, 1.82) is 0 Å². The van der Waals surface area contributed by atoms with Crippen LogP contribution in [-0.4, -0.2) is 64.2 Å². The van der Waals surface area contributed by atoms with Crippen molar-refractivity contribution in [1.82, 2.24) is 10.2 Å². The number of rotatable bonds is 12. The molecule has 0 saturated heterocycles. The van der Waals surface area contributed by atoms with E-state index in [-0.39, 0.29) is 18.5 Å². The first kappa shape index (κ1) is 28.0. The highest BCUT2D eigenvalue weighted by Gasteiger charge is 2.32. The average Bonchev–Trinajstić information content (AvgIpc) is 2.81. The largest absolute Gasteiger partial charge is 0.497 e. The van der Waals surface area contributed by atoms with Crippen molar-refractivity contribution in [2.45, 2.75) is 45.8 Å². The summed E-state index contributed by atoms with van der Waals surface area (Å²) in [5.74, 6) is 0.379. The minimum atomic E-state index is -3.80. The summed E-state index contributed by atoms with van der Waals surface area (Å²) in [4.78, 5) is 28.0. The molecule has 0 bridgehead atoms. The normalized spacial score (nSPS) is 12.1. The van der Waals surface area contributed by atoms with E-state index in [1.165, 1.54) is 12.0 Å². The van der Waals surface area contributed by atoms with Gasteiger partial charge in [0.05, 0.1) is 26.2 Å². The van der Waals surface area contributed by atoms with E-state index < -0.39 is 28.5 Å². The lowest BCUT2D eigenvalue weighted by Crippen LogP contribution is -2.53. The predicted octanol–water partition coefficient (Wildman–Crippen LogP) is 2.80. The molecule has 1 N–H and O–H groups in total. The Morgan fingerprint density at radius 3 is 2.14 bits per heavy atom. The average molecular weight is 506 g/mol. The van der Waals surface area contributed by atoms with Gasteiger partial charge in [-0.1, -0.05) is 19.1 Å². The van der Waals surface area contributed by atoms with E-state index in [4.69, 9.17) is 9.47 Å². The zero-order valence-corrected chi connectivity index (χ0v) is 22.0. The van der Waals surface area contributed by atoms with E-state index in [1.807, 2.05) is 26.8 Å². The number of carbonyl (C=O) groups is 2. The lowest BCUT2D eigenvalue weighted by atomic mass is 10.1. The number of ether oxygens (including phenoxy) is 2. The maximum Gasteiger partial charge on any atom is 0.244 e. The molecule has 192 valence electrons. The molecule has 0 aliphatic heterocycles. The lowest BCUT2D eigenvalue weighted by Gasteiger charge is -2.33. The van der Waals surface area contributed by atoms with Crippen LogP contribution in [0.15, 0.2) is 48.5 Å². The van der Waals surface area contributed by atoms with Gasteiger partial charge in [-0.25, -0.2) is 8.42 Å². The van der Waals surface area contributed by atoms with Crippen molar-refractivity contribution < 1.29 is 27.5 Å². The van der Waals surface area contributed by atoms with Crippen LogP contribution in [0.1, 0.15) is 32.8 Å². The summed E-state index contributed by atoms with van der Waals surface area (Å²) in [6, 6.07) is 12.7. The summed E-state index contributed by atoms with van der Waals surface area (Å²) in [6.07, 6.45) is 1.40. The Hall–Kier alpha value is -3.27. The number of benzene rings is 2. The Bertz CT molecular complexity index is 1100. The highest BCUT2D eigenvalue weighted by atomic mass is 32.2. The number of hydrogen-bond acceptors (Lipinski definition) is 6. The molecule has 0 fully saturated rings. The fourth-order valence-corrected chi connectivity index (χ4v) is 4.48. The second kappa shape index (κ2) is 12.4. The third-order valence-corrected chi connectivity index (χ3v) is 6.48. The molecule has 2 amide bonds. The highest BCUT2D eigenvalue weighted by molar-refractivity contribution is 7.92. The first-order valence-corrected chi connectivity index (χ1v) is 13.2. The summed E-state index contributed by atoms with van der Waals surface area (Å²) in [5.41, 5.74) is 1.08. The van der Waals surface area contributed by atoms with Crippen LogP contribution in [0, 0.1) is 0 Å². The molecule has 0 unspecified atom stereocenters. The molecule has 0 heterocycles. The Balaban J connectivity index is 2.44.